The fourth-order valence-corrected chi connectivity index (χ4v) is 1.67. The third kappa shape index (κ3) is 2.22. The number of ether oxygens (including phenoxy) is 1. The minimum Gasteiger partial charge on any atom is -0.465 e. The summed E-state index contributed by atoms with van der Waals surface area (Å²) >= 11 is 0. The summed E-state index contributed by atoms with van der Waals surface area (Å²) in [5.74, 6) is -0.752. The zero-order chi connectivity index (χ0) is 13.1. The molecule has 0 amide bonds. The molecule has 0 aliphatic heterocycles. The second kappa shape index (κ2) is 4.70. The molecule has 1 aromatic heterocycles. The number of aromatic amines is 1. The number of esters is 1. The molecule has 6 heteroatoms. The van der Waals surface area contributed by atoms with Crippen LogP contribution in [0.4, 0.5) is 0 Å². The lowest BCUT2D eigenvalue weighted by Crippen LogP contribution is -2.06. The van der Waals surface area contributed by atoms with Crippen molar-refractivity contribution in [2.75, 3.05) is 7.11 Å². The largest absolute Gasteiger partial charge is 0.465 e. The number of hydrogen-bond donors (Lipinski definition) is 1. The highest BCUT2D eigenvalue weighted by Gasteiger charge is 2.18. The molecule has 6 nitrogen and oxygen atoms in total. The van der Waals surface area contributed by atoms with Gasteiger partial charge in [0.05, 0.1) is 17.7 Å². The number of carbonyl (C=O) groups is 1. The minimum atomic E-state index is -0.752. The number of H-pyrrole nitrogens is 1. The van der Waals surface area contributed by atoms with E-state index in [-0.39, 0.29) is 5.57 Å². The maximum atomic E-state index is 11.5. The highest BCUT2D eigenvalue weighted by atomic mass is 16.6. The van der Waals surface area contributed by atoms with Gasteiger partial charge in [0.2, 0.25) is 0 Å². The average Bonchev–Trinajstić information content (AvgIpc) is 2.78. The van der Waals surface area contributed by atoms with E-state index in [1.165, 1.54) is 7.11 Å². The summed E-state index contributed by atoms with van der Waals surface area (Å²) in [6.45, 7) is 0. The lowest BCUT2D eigenvalue weighted by atomic mass is 10.2. The molecule has 18 heavy (non-hydrogen) atoms. The summed E-state index contributed by atoms with van der Waals surface area (Å²) in [7, 11) is 1.18. The standard InChI is InChI=1S/C12H10N2O4/c1-18-12(15)9(7-14(16)17)11-6-8-4-2-3-5-10(8)13-11/h2-7,13H,1H3. The van der Waals surface area contributed by atoms with Crippen LogP contribution < -0.4 is 0 Å². The van der Waals surface area contributed by atoms with Gasteiger partial charge >= 0.3 is 5.97 Å². The van der Waals surface area contributed by atoms with Crippen LogP contribution in [0.3, 0.4) is 0 Å². The summed E-state index contributed by atoms with van der Waals surface area (Å²) in [4.78, 5) is 24.3. The molecule has 1 heterocycles. The zero-order valence-electron chi connectivity index (χ0n) is 9.54. The maximum Gasteiger partial charge on any atom is 0.346 e. The Bertz CT molecular complexity index is 609. The predicted molar refractivity (Wildman–Crippen MR) is 65.3 cm³/mol. The number of fused-ring (bicyclic) bond motifs is 1. The van der Waals surface area contributed by atoms with E-state index in [0.29, 0.717) is 11.9 Å². The Morgan fingerprint density at radius 2 is 2.17 bits per heavy atom. The lowest BCUT2D eigenvalue weighted by Gasteiger charge is -1.99. The van der Waals surface area contributed by atoms with Gasteiger partial charge in [-0.05, 0) is 12.1 Å². The molecule has 0 saturated carbocycles. The molecule has 0 saturated heterocycles. The second-order valence-electron chi connectivity index (χ2n) is 3.59. The number of nitrogens with one attached hydrogen (secondary N) is 1. The van der Waals surface area contributed by atoms with E-state index >= 15 is 0 Å². The van der Waals surface area contributed by atoms with Gasteiger partial charge in [-0.2, -0.15) is 0 Å². The van der Waals surface area contributed by atoms with Crippen LogP contribution in [0, 0.1) is 10.1 Å². The van der Waals surface area contributed by atoms with Gasteiger partial charge < -0.3 is 9.72 Å². The summed E-state index contributed by atoms with van der Waals surface area (Å²) in [5, 5.41) is 11.4. The first-order valence-electron chi connectivity index (χ1n) is 5.13. The van der Waals surface area contributed by atoms with Crippen LogP contribution in [-0.2, 0) is 9.53 Å². The monoisotopic (exact) mass is 246 g/mol. The SMILES string of the molecule is COC(=O)C(=C[N+](=O)[O-])c1cc2ccccc2[nH]1. The number of nitro groups is 1. The molecule has 0 aliphatic carbocycles. The summed E-state index contributed by atoms with van der Waals surface area (Å²) in [6, 6.07) is 9.00. The van der Waals surface area contributed by atoms with Crippen molar-refractivity contribution in [2.45, 2.75) is 0 Å². The molecular weight excluding hydrogens is 236 g/mol. The fraction of sp³-hybridized carbons (Fsp3) is 0.0833. The van der Waals surface area contributed by atoms with Crippen molar-refractivity contribution in [3.05, 3.63) is 52.3 Å². The molecule has 0 aliphatic rings. The van der Waals surface area contributed by atoms with Gasteiger partial charge in [-0.25, -0.2) is 4.79 Å². The average molecular weight is 246 g/mol. The molecule has 2 aromatic rings. The van der Waals surface area contributed by atoms with Crippen LogP contribution >= 0.6 is 0 Å². The van der Waals surface area contributed by atoms with E-state index in [0.717, 1.165) is 10.9 Å². The van der Waals surface area contributed by atoms with Crippen LogP contribution in [-0.4, -0.2) is 23.0 Å². The van der Waals surface area contributed by atoms with E-state index in [1.54, 1.807) is 6.07 Å². The quantitative estimate of drug-likeness (QED) is 0.388. The van der Waals surface area contributed by atoms with Crippen LogP contribution in [0.25, 0.3) is 16.5 Å². The Labute approximate surface area is 102 Å². The van der Waals surface area contributed by atoms with Crippen LogP contribution in [0.2, 0.25) is 0 Å². The first-order chi connectivity index (χ1) is 8.61. The highest BCUT2D eigenvalue weighted by molar-refractivity contribution is 6.16. The Balaban J connectivity index is 2.54. The van der Waals surface area contributed by atoms with Gasteiger partial charge in [0.15, 0.2) is 5.57 Å². The van der Waals surface area contributed by atoms with Crippen LogP contribution in [0.1, 0.15) is 5.69 Å². The highest BCUT2D eigenvalue weighted by Crippen LogP contribution is 2.21. The zero-order valence-corrected chi connectivity index (χ0v) is 9.54. The van der Waals surface area contributed by atoms with Crippen molar-refractivity contribution >= 4 is 22.4 Å². The van der Waals surface area contributed by atoms with Crippen molar-refractivity contribution in [3.63, 3.8) is 0 Å². The molecule has 2 rings (SSSR count). The first kappa shape index (κ1) is 11.8. The third-order valence-corrected chi connectivity index (χ3v) is 2.46. The number of para-hydroxylation sites is 1. The molecule has 0 spiro atoms. The Morgan fingerprint density at radius 3 is 2.78 bits per heavy atom. The van der Waals surface area contributed by atoms with E-state index < -0.39 is 10.9 Å². The molecule has 0 unspecified atom stereocenters. The number of carbonyl (C=O) groups excluding carboxylic acids is 1. The molecular formula is C12H10N2O4. The summed E-state index contributed by atoms with van der Waals surface area (Å²) in [6.07, 6.45) is 0.635. The van der Waals surface area contributed by atoms with Crippen molar-refractivity contribution in [1.82, 2.24) is 4.98 Å². The molecule has 92 valence electrons. The number of nitrogens with zero attached hydrogens (tertiary/aromatic N) is 1. The first-order valence-corrected chi connectivity index (χ1v) is 5.13. The van der Waals surface area contributed by atoms with E-state index in [4.69, 9.17) is 0 Å². The predicted octanol–water partition coefficient (Wildman–Crippen LogP) is 1.96. The lowest BCUT2D eigenvalue weighted by molar-refractivity contribution is -0.401. The molecule has 0 radical (unpaired) electrons. The van der Waals surface area contributed by atoms with Crippen molar-refractivity contribution in [3.8, 4) is 0 Å². The Hall–Kier alpha value is -2.63. The van der Waals surface area contributed by atoms with E-state index in [1.807, 2.05) is 24.3 Å². The summed E-state index contributed by atoms with van der Waals surface area (Å²) < 4.78 is 4.53. The topological polar surface area (TPSA) is 85.2 Å². The molecule has 0 bridgehead atoms. The number of aromatic nitrogens is 1. The van der Waals surface area contributed by atoms with E-state index in [9.17, 15) is 14.9 Å². The normalized spacial score (nSPS) is 11.5. The Morgan fingerprint density at radius 1 is 1.44 bits per heavy atom. The van der Waals surface area contributed by atoms with E-state index in [2.05, 4.69) is 9.72 Å². The minimum absolute atomic E-state index is 0.112. The molecule has 1 aromatic carbocycles. The number of methoxy groups -OCH3 is 1. The van der Waals surface area contributed by atoms with Crippen molar-refractivity contribution in [2.24, 2.45) is 0 Å². The fourth-order valence-electron chi connectivity index (χ4n) is 1.67. The third-order valence-electron chi connectivity index (χ3n) is 2.46. The number of hydrogen-bond acceptors (Lipinski definition) is 4. The Kier molecular flexibility index (Phi) is 3.09. The van der Waals surface area contributed by atoms with Gasteiger partial charge in [-0.3, -0.25) is 10.1 Å². The van der Waals surface area contributed by atoms with Crippen molar-refractivity contribution in [1.29, 1.82) is 0 Å². The smallest absolute Gasteiger partial charge is 0.346 e. The number of rotatable bonds is 3. The molecule has 0 atom stereocenters. The molecule has 0 fully saturated rings. The molecule has 1 N–H and O–H groups in total. The summed E-state index contributed by atoms with van der Waals surface area (Å²) in [5.41, 5.74) is 1.05. The van der Waals surface area contributed by atoms with Crippen molar-refractivity contribution < 1.29 is 14.5 Å². The van der Waals surface area contributed by atoms with Gasteiger partial charge in [0.1, 0.15) is 0 Å². The number of benzene rings is 1. The maximum absolute atomic E-state index is 11.5. The van der Waals surface area contributed by atoms with Gasteiger partial charge in [0, 0.05) is 10.9 Å². The van der Waals surface area contributed by atoms with Gasteiger partial charge in [-0.1, -0.05) is 18.2 Å². The van der Waals surface area contributed by atoms with Crippen LogP contribution in [0.5, 0.6) is 0 Å². The van der Waals surface area contributed by atoms with Gasteiger partial charge in [0.25, 0.3) is 6.20 Å². The van der Waals surface area contributed by atoms with Gasteiger partial charge in [-0.15, -0.1) is 0 Å². The second-order valence-corrected chi connectivity index (χ2v) is 3.59. The van der Waals surface area contributed by atoms with Crippen LogP contribution in [0.15, 0.2) is 36.5 Å².